The van der Waals surface area contributed by atoms with Crippen LogP contribution in [0.2, 0.25) is 0 Å². The smallest absolute Gasteiger partial charge is 0.382 e. The lowest BCUT2D eigenvalue weighted by molar-refractivity contribution is -0.134. The zero-order valence-electron chi connectivity index (χ0n) is 22.5. The first-order valence-corrected chi connectivity index (χ1v) is 15.3. The van der Waals surface area contributed by atoms with Crippen LogP contribution in [0.4, 0.5) is 26.3 Å². The van der Waals surface area contributed by atoms with Crippen LogP contribution in [0.15, 0.2) is 0 Å². The van der Waals surface area contributed by atoms with Crippen LogP contribution >= 0.6 is 23.4 Å². The number of hydrogen-bond acceptors (Lipinski definition) is 3. The summed E-state index contributed by atoms with van der Waals surface area (Å²) in [4.78, 5) is 11.0. The van der Waals surface area contributed by atoms with Gasteiger partial charge in [0.2, 0.25) is 0 Å². The van der Waals surface area contributed by atoms with Crippen LogP contribution in [0.3, 0.4) is 0 Å². The van der Waals surface area contributed by atoms with Gasteiger partial charge in [0, 0.05) is 6.42 Å². The molecule has 0 fully saturated rings. The molecule has 0 amide bonds. The summed E-state index contributed by atoms with van der Waals surface area (Å²) in [5, 5.41) is 8.62. The Morgan fingerprint density at radius 2 is 1.00 bits per heavy atom. The van der Waals surface area contributed by atoms with Crippen LogP contribution in [-0.2, 0) is 8.98 Å². The minimum Gasteiger partial charge on any atom is -0.382 e. The SMILES string of the molecule is CCCCCCCCCCCC(=O)OSC(F)(F)F.CCCCCCCCCCCC(O)=[SH]C(F)(F)F. The Bertz CT molecular complexity index is 555. The van der Waals surface area contributed by atoms with Crippen molar-refractivity contribution in [1.29, 1.82) is 0 Å². The fourth-order valence-electron chi connectivity index (χ4n) is 3.51. The van der Waals surface area contributed by atoms with E-state index >= 15 is 0 Å². The van der Waals surface area contributed by atoms with Gasteiger partial charge in [-0.2, -0.15) is 26.3 Å². The highest BCUT2D eigenvalue weighted by Crippen LogP contribution is 2.31. The molecule has 0 aromatic rings. The summed E-state index contributed by atoms with van der Waals surface area (Å²) >= 11 is -1.63. The number of carbonyl (C=O) groups is 1. The lowest BCUT2D eigenvalue weighted by Crippen LogP contribution is -2.06. The Morgan fingerprint density at radius 1 is 0.649 bits per heavy atom. The third-order valence-corrected chi connectivity index (χ3v) is 6.67. The van der Waals surface area contributed by atoms with Crippen LogP contribution in [0, 0.1) is 0 Å². The number of thiol groups is 1. The minimum atomic E-state index is -4.51. The van der Waals surface area contributed by atoms with E-state index in [2.05, 4.69) is 18.0 Å². The van der Waals surface area contributed by atoms with Gasteiger partial charge in [0.15, 0.2) is 12.0 Å². The van der Waals surface area contributed by atoms with E-state index in [4.69, 9.17) is 5.11 Å². The molecule has 0 radical (unpaired) electrons. The number of unbranched alkanes of at least 4 members (excludes halogenated alkanes) is 16. The fraction of sp³-hybridized carbons (Fsp3) is 0.923. The van der Waals surface area contributed by atoms with Crippen LogP contribution in [0.25, 0.3) is 0 Å². The number of hydrogen-bond donors (Lipinski definition) is 2. The van der Waals surface area contributed by atoms with E-state index in [0.29, 0.717) is 12.8 Å². The second-order valence-corrected chi connectivity index (χ2v) is 11.2. The second kappa shape index (κ2) is 25.8. The predicted octanol–water partition coefficient (Wildman–Crippen LogP) is 11.2. The first-order chi connectivity index (χ1) is 17.4. The van der Waals surface area contributed by atoms with Gasteiger partial charge in [0.1, 0.15) is 0 Å². The molecule has 1 N–H and O–H groups in total. The molecule has 3 nitrogen and oxygen atoms in total. The van der Waals surface area contributed by atoms with Crippen molar-refractivity contribution in [2.24, 2.45) is 0 Å². The molecule has 0 saturated carbocycles. The van der Waals surface area contributed by atoms with Crippen molar-refractivity contribution in [2.75, 3.05) is 0 Å². The average molecular weight is 587 g/mol. The minimum absolute atomic E-state index is 0.0684. The summed E-state index contributed by atoms with van der Waals surface area (Å²) in [5.74, 6) is -0.787. The molecular weight excluding hydrogens is 538 g/mol. The van der Waals surface area contributed by atoms with E-state index in [0.717, 1.165) is 38.5 Å². The van der Waals surface area contributed by atoms with E-state index in [1.54, 1.807) is 0 Å². The molecule has 0 aromatic heterocycles. The largest absolute Gasteiger partial charge is 0.479 e. The van der Waals surface area contributed by atoms with Crippen molar-refractivity contribution in [1.82, 2.24) is 0 Å². The molecule has 0 aromatic carbocycles. The second-order valence-electron chi connectivity index (χ2n) is 9.14. The molecular formula is C26H48F6O3S2. The molecule has 0 rings (SSSR count). The maximum Gasteiger partial charge on any atom is 0.479 e. The molecule has 0 spiro atoms. The molecule has 0 bridgehead atoms. The third kappa shape index (κ3) is 37.8. The van der Waals surface area contributed by atoms with E-state index in [1.807, 2.05) is 0 Å². The molecule has 224 valence electrons. The molecule has 0 aliphatic heterocycles. The summed E-state index contributed by atoms with van der Waals surface area (Å²) in [6, 6.07) is 0. The Balaban J connectivity index is 0. The van der Waals surface area contributed by atoms with Crippen LogP contribution in [0.1, 0.15) is 142 Å². The van der Waals surface area contributed by atoms with Gasteiger partial charge in [-0.1, -0.05) is 128 Å². The number of halogens is 6. The van der Waals surface area contributed by atoms with Crippen molar-refractivity contribution < 1.29 is 40.4 Å². The fourth-order valence-corrected chi connectivity index (χ4v) is 4.34. The molecule has 0 aliphatic carbocycles. The standard InChI is InChI=1S/C13H23F3O2S.C13H25F3OS/c1-2-3-4-5-6-7-8-9-10-11-12(17)18-19-13(14,15)16;1-2-3-4-5-6-7-8-9-10-11-12(17)18-13(14,15)16/h2-11H2,1H3;17-18H,2-11H2,1H3. The highest BCUT2D eigenvalue weighted by molar-refractivity contribution is 7.99. The molecule has 0 heterocycles. The quantitative estimate of drug-likeness (QED) is 0.0462. The summed E-state index contributed by atoms with van der Waals surface area (Å²) in [7, 11) is 0. The Labute approximate surface area is 228 Å². The van der Waals surface area contributed by atoms with Gasteiger partial charge in [0.25, 0.3) is 0 Å². The van der Waals surface area contributed by atoms with Gasteiger partial charge in [-0.05, 0) is 19.3 Å². The van der Waals surface area contributed by atoms with Gasteiger partial charge in [-0.3, -0.25) is 4.79 Å². The Kier molecular flexibility index (Phi) is 27.0. The van der Waals surface area contributed by atoms with Crippen molar-refractivity contribution in [3.05, 3.63) is 0 Å². The molecule has 37 heavy (non-hydrogen) atoms. The van der Waals surface area contributed by atoms with E-state index in [9.17, 15) is 31.1 Å². The molecule has 0 unspecified atom stereocenters. The maximum absolute atomic E-state index is 11.9. The first kappa shape index (κ1) is 38.7. The van der Waals surface area contributed by atoms with Gasteiger partial charge in [-0.25, -0.2) is 0 Å². The van der Waals surface area contributed by atoms with E-state index in [1.165, 1.54) is 64.2 Å². The van der Waals surface area contributed by atoms with Gasteiger partial charge < -0.3 is 9.29 Å². The normalized spacial score (nSPS) is 12.5. The highest BCUT2D eigenvalue weighted by atomic mass is 32.2. The van der Waals surface area contributed by atoms with Gasteiger partial charge >= 0.3 is 17.0 Å². The molecule has 0 aliphatic rings. The van der Waals surface area contributed by atoms with Crippen molar-refractivity contribution in [3.63, 3.8) is 0 Å². The summed E-state index contributed by atoms with van der Waals surface area (Å²) in [6.07, 6.45) is 20.2. The lowest BCUT2D eigenvalue weighted by Gasteiger charge is -2.05. The topological polar surface area (TPSA) is 46.5 Å². The monoisotopic (exact) mass is 586 g/mol. The number of alkyl halides is 6. The zero-order chi connectivity index (χ0) is 28.4. The third-order valence-electron chi connectivity index (χ3n) is 5.47. The maximum atomic E-state index is 11.9. The van der Waals surface area contributed by atoms with Gasteiger partial charge in [-0.15, -0.1) is 0 Å². The molecule has 0 saturated heterocycles. The average Bonchev–Trinajstić information content (AvgIpc) is 2.79. The summed E-state index contributed by atoms with van der Waals surface area (Å²) < 4.78 is 74.9. The van der Waals surface area contributed by atoms with Crippen LogP contribution in [-0.4, -0.2) is 27.1 Å². The van der Waals surface area contributed by atoms with Crippen molar-refractivity contribution in [2.45, 2.75) is 153 Å². The van der Waals surface area contributed by atoms with E-state index < -0.39 is 45.4 Å². The summed E-state index contributed by atoms with van der Waals surface area (Å²) in [5.41, 5.74) is -8.81. The molecule has 0 atom stereocenters. The van der Waals surface area contributed by atoms with Crippen LogP contribution < -0.4 is 0 Å². The Hall–Kier alpha value is -0.420. The summed E-state index contributed by atoms with van der Waals surface area (Å²) in [6.45, 7) is 4.36. The number of carbonyl (C=O) groups excluding carboxylic acids is 1. The first-order valence-electron chi connectivity index (χ1n) is 13.7. The number of aliphatic hydroxyl groups is 1. The predicted molar refractivity (Wildman–Crippen MR) is 146 cm³/mol. The Morgan fingerprint density at radius 3 is 1.35 bits per heavy atom. The number of aliphatic hydroxyl groups excluding tert-OH is 1. The zero-order valence-corrected chi connectivity index (χ0v) is 24.2. The lowest BCUT2D eigenvalue weighted by atomic mass is 10.1. The van der Waals surface area contributed by atoms with Crippen LogP contribution in [0.5, 0.6) is 0 Å². The van der Waals surface area contributed by atoms with Crippen molar-refractivity contribution in [3.8, 4) is 0 Å². The van der Waals surface area contributed by atoms with Crippen molar-refractivity contribution >= 4 is 34.4 Å². The highest BCUT2D eigenvalue weighted by Gasteiger charge is 2.32. The molecule has 11 heteroatoms. The van der Waals surface area contributed by atoms with Gasteiger partial charge in [0.05, 0.1) is 5.05 Å². The van der Waals surface area contributed by atoms with E-state index in [-0.39, 0.29) is 12.8 Å². The number of rotatable bonds is 21.